The Kier molecular flexibility index (Phi) is 5.27. The summed E-state index contributed by atoms with van der Waals surface area (Å²) in [5, 5.41) is 7.77. The number of carbonyl (C=O) groups excluding carboxylic acids is 1. The van der Waals surface area contributed by atoms with E-state index >= 15 is 0 Å². The van der Waals surface area contributed by atoms with E-state index in [2.05, 4.69) is 28.9 Å². The van der Waals surface area contributed by atoms with Crippen molar-refractivity contribution in [3.05, 3.63) is 17.5 Å². The molecule has 1 saturated heterocycles. The first-order chi connectivity index (χ1) is 9.66. The van der Waals surface area contributed by atoms with Crippen LogP contribution in [0.2, 0.25) is 0 Å². The van der Waals surface area contributed by atoms with Gasteiger partial charge in [0.15, 0.2) is 0 Å². The molecule has 1 aliphatic carbocycles. The molecule has 21 heavy (non-hydrogen) atoms. The Bertz CT molecular complexity index is 490. The lowest BCUT2D eigenvalue weighted by molar-refractivity contribution is 0.0734. The van der Waals surface area contributed by atoms with Gasteiger partial charge in [-0.3, -0.25) is 9.48 Å². The fourth-order valence-electron chi connectivity index (χ4n) is 2.88. The standard InChI is InChI=1S/C15H24N4O.ClH/c1-11(2)10-19-14(12-3-4-12)13(9-17-19)15(20)18-7-5-16-6-8-18;/h9,11-12,16H,3-8,10H2,1-2H3;1H. The number of nitrogens with one attached hydrogen (secondary N) is 1. The molecule has 0 radical (unpaired) electrons. The number of halogens is 1. The highest BCUT2D eigenvalue weighted by molar-refractivity contribution is 5.95. The van der Waals surface area contributed by atoms with Crippen LogP contribution in [-0.4, -0.2) is 46.8 Å². The molecule has 6 heteroatoms. The maximum Gasteiger partial charge on any atom is 0.257 e. The van der Waals surface area contributed by atoms with E-state index in [1.807, 2.05) is 4.90 Å². The summed E-state index contributed by atoms with van der Waals surface area (Å²) in [7, 11) is 0. The van der Waals surface area contributed by atoms with Crippen molar-refractivity contribution in [1.82, 2.24) is 20.0 Å². The molecule has 1 aromatic heterocycles. The highest BCUT2D eigenvalue weighted by Crippen LogP contribution is 2.42. The number of aromatic nitrogens is 2. The second-order valence-corrected chi connectivity index (χ2v) is 6.34. The van der Waals surface area contributed by atoms with Gasteiger partial charge in [-0.2, -0.15) is 5.10 Å². The van der Waals surface area contributed by atoms with Crippen LogP contribution in [0.15, 0.2) is 6.20 Å². The van der Waals surface area contributed by atoms with E-state index in [1.54, 1.807) is 6.20 Å². The van der Waals surface area contributed by atoms with Crippen molar-refractivity contribution in [3.63, 3.8) is 0 Å². The summed E-state index contributed by atoms with van der Waals surface area (Å²) in [4.78, 5) is 14.7. The van der Waals surface area contributed by atoms with E-state index in [0.29, 0.717) is 11.8 Å². The van der Waals surface area contributed by atoms with Gasteiger partial charge >= 0.3 is 0 Å². The second kappa shape index (κ2) is 6.79. The monoisotopic (exact) mass is 312 g/mol. The smallest absolute Gasteiger partial charge is 0.257 e. The van der Waals surface area contributed by atoms with Crippen LogP contribution in [0.1, 0.15) is 48.7 Å². The SMILES string of the molecule is CC(C)Cn1ncc(C(=O)N2CCNCC2)c1C1CC1.Cl. The normalized spacial score (nSPS) is 18.7. The van der Waals surface area contributed by atoms with Crippen molar-refractivity contribution < 1.29 is 4.79 Å². The first kappa shape index (κ1) is 16.3. The van der Waals surface area contributed by atoms with Crippen molar-refractivity contribution in [1.29, 1.82) is 0 Å². The van der Waals surface area contributed by atoms with E-state index < -0.39 is 0 Å². The largest absolute Gasteiger partial charge is 0.336 e. The summed E-state index contributed by atoms with van der Waals surface area (Å²) in [5.41, 5.74) is 2.03. The number of nitrogens with zero attached hydrogens (tertiary/aromatic N) is 3. The fraction of sp³-hybridized carbons (Fsp3) is 0.733. The van der Waals surface area contributed by atoms with E-state index in [-0.39, 0.29) is 18.3 Å². The van der Waals surface area contributed by atoms with Crippen molar-refractivity contribution in [3.8, 4) is 0 Å². The third-order valence-corrected chi connectivity index (χ3v) is 4.02. The fourth-order valence-corrected chi connectivity index (χ4v) is 2.88. The van der Waals surface area contributed by atoms with Crippen LogP contribution in [-0.2, 0) is 6.54 Å². The van der Waals surface area contributed by atoms with Gasteiger partial charge in [-0.05, 0) is 18.8 Å². The molecule has 1 amide bonds. The molecule has 3 rings (SSSR count). The first-order valence-corrected chi connectivity index (χ1v) is 7.72. The maximum atomic E-state index is 12.7. The molecule has 1 N–H and O–H groups in total. The van der Waals surface area contributed by atoms with Crippen molar-refractivity contribution in [2.75, 3.05) is 26.2 Å². The second-order valence-electron chi connectivity index (χ2n) is 6.34. The minimum absolute atomic E-state index is 0. The molecule has 2 fully saturated rings. The van der Waals surface area contributed by atoms with Gasteiger partial charge in [0.05, 0.1) is 17.5 Å². The van der Waals surface area contributed by atoms with Gasteiger partial charge in [-0.25, -0.2) is 0 Å². The number of amides is 1. The van der Waals surface area contributed by atoms with E-state index in [0.717, 1.165) is 38.3 Å². The Morgan fingerprint density at radius 3 is 2.62 bits per heavy atom. The Morgan fingerprint density at radius 2 is 2.05 bits per heavy atom. The van der Waals surface area contributed by atoms with Gasteiger partial charge in [0.2, 0.25) is 0 Å². The number of carbonyl (C=O) groups is 1. The zero-order valence-corrected chi connectivity index (χ0v) is 13.7. The van der Waals surface area contributed by atoms with Crippen LogP contribution in [0.3, 0.4) is 0 Å². The van der Waals surface area contributed by atoms with Gasteiger partial charge in [0.25, 0.3) is 5.91 Å². The van der Waals surface area contributed by atoms with Crippen molar-refractivity contribution in [2.45, 2.75) is 39.2 Å². The van der Waals surface area contributed by atoms with Gasteiger partial charge in [-0.1, -0.05) is 13.8 Å². The number of hydrogen-bond acceptors (Lipinski definition) is 3. The van der Waals surface area contributed by atoms with E-state index in [4.69, 9.17) is 0 Å². The van der Waals surface area contributed by atoms with Crippen LogP contribution in [0.5, 0.6) is 0 Å². The molecule has 0 atom stereocenters. The van der Waals surface area contributed by atoms with Gasteiger partial charge in [-0.15, -0.1) is 12.4 Å². The summed E-state index contributed by atoms with van der Waals surface area (Å²) in [6, 6.07) is 0. The quantitative estimate of drug-likeness (QED) is 0.923. The lowest BCUT2D eigenvalue weighted by Gasteiger charge is -2.27. The van der Waals surface area contributed by atoms with Crippen LogP contribution in [0.4, 0.5) is 0 Å². The summed E-state index contributed by atoms with van der Waals surface area (Å²) in [6.07, 6.45) is 4.19. The van der Waals surface area contributed by atoms with Crippen LogP contribution >= 0.6 is 12.4 Å². The summed E-state index contributed by atoms with van der Waals surface area (Å²) >= 11 is 0. The summed E-state index contributed by atoms with van der Waals surface area (Å²) in [6.45, 7) is 8.68. The van der Waals surface area contributed by atoms with Gasteiger partial charge in [0, 0.05) is 38.6 Å². The van der Waals surface area contributed by atoms with Crippen LogP contribution in [0.25, 0.3) is 0 Å². The molecule has 118 valence electrons. The topological polar surface area (TPSA) is 50.2 Å². The predicted octanol–water partition coefficient (Wildman–Crippen LogP) is 1.88. The molecule has 0 aromatic carbocycles. The lowest BCUT2D eigenvalue weighted by atomic mass is 10.1. The molecule has 1 aliphatic heterocycles. The average molecular weight is 313 g/mol. The molecule has 5 nitrogen and oxygen atoms in total. The Hall–Kier alpha value is -1.07. The number of piperazine rings is 1. The predicted molar refractivity (Wildman–Crippen MR) is 85.1 cm³/mol. The molecule has 1 aromatic rings. The molecule has 2 heterocycles. The van der Waals surface area contributed by atoms with Crippen LogP contribution in [0, 0.1) is 5.92 Å². The first-order valence-electron chi connectivity index (χ1n) is 7.72. The third kappa shape index (κ3) is 3.58. The summed E-state index contributed by atoms with van der Waals surface area (Å²) < 4.78 is 2.07. The lowest BCUT2D eigenvalue weighted by Crippen LogP contribution is -2.46. The number of hydrogen-bond donors (Lipinski definition) is 1. The van der Waals surface area contributed by atoms with Crippen LogP contribution < -0.4 is 5.32 Å². The molecule has 0 unspecified atom stereocenters. The Morgan fingerprint density at radius 1 is 1.38 bits per heavy atom. The molecule has 2 aliphatic rings. The third-order valence-electron chi connectivity index (χ3n) is 4.02. The summed E-state index contributed by atoms with van der Waals surface area (Å²) in [5.74, 6) is 1.27. The molecule has 0 bridgehead atoms. The minimum Gasteiger partial charge on any atom is -0.336 e. The molecular formula is C15H25ClN4O. The van der Waals surface area contributed by atoms with Crippen molar-refractivity contribution >= 4 is 18.3 Å². The Labute approximate surface area is 132 Å². The highest BCUT2D eigenvalue weighted by Gasteiger charge is 2.34. The van der Waals surface area contributed by atoms with E-state index in [9.17, 15) is 4.79 Å². The Balaban J connectivity index is 0.00000161. The number of rotatable bonds is 4. The van der Waals surface area contributed by atoms with Gasteiger partial charge < -0.3 is 10.2 Å². The highest BCUT2D eigenvalue weighted by atomic mass is 35.5. The van der Waals surface area contributed by atoms with Gasteiger partial charge in [0.1, 0.15) is 0 Å². The van der Waals surface area contributed by atoms with Crippen molar-refractivity contribution in [2.24, 2.45) is 5.92 Å². The molecule has 0 spiro atoms. The average Bonchev–Trinajstić information content (AvgIpc) is 3.20. The minimum atomic E-state index is 0. The molecule has 1 saturated carbocycles. The van der Waals surface area contributed by atoms with E-state index in [1.165, 1.54) is 18.5 Å². The zero-order chi connectivity index (χ0) is 14.1. The zero-order valence-electron chi connectivity index (χ0n) is 12.8. The molecular weight excluding hydrogens is 288 g/mol. The maximum absolute atomic E-state index is 12.7.